The van der Waals surface area contributed by atoms with Crippen molar-refractivity contribution in [3.05, 3.63) is 24.3 Å². The van der Waals surface area contributed by atoms with E-state index in [1.807, 2.05) is 0 Å². The Morgan fingerprint density at radius 3 is 2.38 bits per heavy atom. The maximum Gasteiger partial charge on any atom is 0.243 e. The van der Waals surface area contributed by atoms with Crippen molar-refractivity contribution in [1.29, 1.82) is 0 Å². The summed E-state index contributed by atoms with van der Waals surface area (Å²) in [6.45, 7) is 6.23. The lowest BCUT2D eigenvalue weighted by Gasteiger charge is -2.31. The van der Waals surface area contributed by atoms with Gasteiger partial charge in [0.25, 0.3) is 0 Å². The Labute approximate surface area is 155 Å². The summed E-state index contributed by atoms with van der Waals surface area (Å²) >= 11 is 0. The van der Waals surface area contributed by atoms with Crippen LogP contribution in [0.3, 0.4) is 0 Å². The lowest BCUT2D eigenvalue weighted by Crippen LogP contribution is -2.42. The molecule has 0 bridgehead atoms. The molecule has 26 heavy (non-hydrogen) atoms. The maximum absolute atomic E-state index is 12.5. The van der Waals surface area contributed by atoms with E-state index in [0.717, 1.165) is 12.8 Å². The standard InChI is InChI=1S/C18H27N3O4S/c1-13(2)20(4)26(24,25)17-9-7-16(8-10-17)19-18(23)15-6-5-11-21(12-15)14(3)22/h7-10,13,15H,5-6,11-12H2,1-4H3,(H,19,23)/t15-/m1/s1. The van der Waals surface area contributed by atoms with Gasteiger partial charge in [-0.2, -0.15) is 4.31 Å². The molecule has 0 saturated carbocycles. The molecule has 7 nitrogen and oxygen atoms in total. The molecule has 1 aliphatic rings. The Morgan fingerprint density at radius 1 is 1.23 bits per heavy atom. The second kappa shape index (κ2) is 8.18. The molecule has 0 spiro atoms. The highest BCUT2D eigenvalue weighted by Crippen LogP contribution is 2.21. The number of anilines is 1. The van der Waals surface area contributed by atoms with Gasteiger partial charge in [-0.05, 0) is 51.0 Å². The fraction of sp³-hybridized carbons (Fsp3) is 0.556. The highest BCUT2D eigenvalue weighted by molar-refractivity contribution is 7.89. The normalized spacial score (nSPS) is 18.2. The van der Waals surface area contributed by atoms with Gasteiger partial charge in [-0.3, -0.25) is 9.59 Å². The van der Waals surface area contributed by atoms with Crippen LogP contribution in [-0.4, -0.2) is 55.6 Å². The number of carbonyl (C=O) groups is 2. The number of piperidine rings is 1. The van der Waals surface area contributed by atoms with Crippen LogP contribution in [0.1, 0.15) is 33.6 Å². The molecule has 0 aromatic heterocycles. The van der Waals surface area contributed by atoms with E-state index in [1.165, 1.54) is 23.4 Å². The highest BCUT2D eigenvalue weighted by atomic mass is 32.2. The minimum Gasteiger partial charge on any atom is -0.342 e. The van der Waals surface area contributed by atoms with E-state index in [0.29, 0.717) is 18.8 Å². The van der Waals surface area contributed by atoms with E-state index in [2.05, 4.69) is 5.32 Å². The fourth-order valence-corrected chi connectivity index (χ4v) is 4.24. The Balaban J connectivity index is 2.05. The summed E-state index contributed by atoms with van der Waals surface area (Å²) in [7, 11) is -2.00. The predicted octanol–water partition coefficient (Wildman–Crippen LogP) is 1.91. The Morgan fingerprint density at radius 2 is 1.85 bits per heavy atom. The lowest BCUT2D eigenvalue weighted by molar-refractivity contribution is -0.132. The first-order valence-corrected chi connectivity index (χ1v) is 10.2. The highest BCUT2D eigenvalue weighted by Gasteiger charge is 2.27. The molecule has 1 heterocycles. The molecular formula is C18H27N3O4S. The van der Waals surface area contributed by atoms with Crippen LogP contribution in [0.2, 0.25) is 0 Å². The first-order chi connectivity index (χ1) is 12.1. The largest absolute Gasteiger partial charge is 0.342 e. The molecule has 1 aromatic rings. The second-order valence-electron chi connectivity index (χ2n) is 6.93. The van der Waals surface area contributed by atoms with Gasteiger partial charge in [-0.15, -0.1) is 0 Å². The van der Waals surface area contributed by atoms with E-state index in [-0.39, 0.29) is 28.7 Å². The van der Waals surface area contributed by atoms with Crippen molar-refractivity contribution in [3.63, 3.8) is 0 Å². The Bertz CT molecular complexity index is 759. The Kier molecular flexibility index (Phi) is 6.41. The molecule has 8 heteroatoms. The van der Waals surface area contributed by atoms with Crippen LogP contribution in [0, 0.1) is 5.92 Å². The summed E-state index contributed by atoms with van der Waals surface area (Å²) in [6, 6.07) is 6.02. The summed E-state index contributed by atoms with van der Waals surface area (Å²) in [6.07, 6.45) is 1.54. The minimum atomic E-state index is -3.54. The van der Waals surface area contributed by atoms with Crippen molar-refractivity contribution in [2.75, 3.05) is 25.5 Å². The van der Waals surface area contributed by atoms with E-state index in [4.69, 9.17) is 0 Å². The number of hydrogen-bond acceptors (Lipinski definition) is 4. The van der Waals surface area contributed by atoms with Crippen molar-refractivity contribution < 1.29 is 18.0 Å². The summed E-state index contributed by atoms with van der Waals surface area (Å²) in [5.74, 6) is -0.416. The van der Waals surface area contributed by atoms with Crippen LogP contribution in [0.15, 0.2) is 29.2 Å². The molecule has 1 saturated heterocycles. The van der Waals surface area contributed by atoms with Crippen molar-refractivity contribution >= 4 is 27.5 Å². The SMILES string of the molecule is CC(=O)N1CCC[C@@H](C(=O)Nc2ccc(S(=O)(=O)N(C)C(C)C)cc2)C1. The zero-order valence-corrected chi connectivity index (χ0v) is 16.5. The zero-order valence-electron chi connectivity index (χ0n) is 15.7. The number of likely N-dealkylation sites (tertiary alicyclic amines) is 1. The van der Waals surface area contributed by atoms with Gasteiger partial charge in [-0.1, -0.05) is 0 Å². The monoisotopic (exact) mass is 381 g/mol. The fourth-order valence-electron chi connectivity index (χ4n) is 2.88. The van der Waals surface area contributed by atoms with Crippen molar-refractivity contribution in [2.45, 2.75) is 44.6 Å². The third-order valence-electron chi connectivity index (χ3n) is 4.76. The first-order valence-electron chi connectivity index (χ1n) is 8.77. The van der Waals surface area contributed by atoms with Crippen LogP contribution in [0.25, 0.3) is 0 Å². The molecule has 0 unspecified atom stereocenters. The molecule has 1 N–H and O–H groups in total. The Hall–Kier alpha value is -1.93. The summed E-state index contributed by atoms with van der Waals surface area (Å²) in [5.41, 5.74) is 0.543. The minimum absolute atomic E-state index is 0.0219. The molecule has 2 rings (SSSR count). The number of amides is 2. The number of sulfonamides is 1. The van der Waals surface area contributed by atoms with E-state index < -0.39 is 10.0 Å². The van der Waals surface area contributed by atoms with Gasteiger partial charge in [0.2, 0.25) is 21.8 Å². The lowest BCUT2D eigenvalue weighted by atomic mass is 9.97. The van der Waals surface area contributed by atoms with Gasteiger partial charge in [0, 0.05) is 38.8 Å². The van der Waals surface area contributed by atoms with Crippen molar-refractivity contribution in [2.24, 2.45) is 5.92 Å². The first kappa shape index (κ1) is 20.4. The molecule has 0 radical (unpaired) electrons. The molecular weight excluding hydrogens is 354 g/mol. The molecule has 0 aliphatic carbocycles. The summed E-state index contributed by atoms with van der Waals surface area (Å²) in [5, 5.41) is 2.82. The molecule has 2 amide bonds. The average molecular weight is 381 g/mol. The van der Waals surface area contributed by atoms with E-state index in [9.17, 15) is 18.0 Å². The second-order valence-corrected chi connectivity index (χ2v) is 8.93. The number of nitrogens with one attached hydrogen (secondary N) is 1. The van der Waals surface area contributed by atoms with E-state index >= 15 is 0 Å². The molecule has 1 fully saturated rings. The molecule has 144 valence electrons. The summed E-state index contributed by atoms with van der Waals surface area (Å²) < 4.78 is 26.2. The maximum atomic E-state index is 12.5. The average Bonchev–Trinajstić information content (AvgIpc) is 2.61. The number of benzene rings is 1. The van der Waals surface area contributed by atoms with Crippen molar-refractivity contribution in [3.8, 4) is 0 Å². The van der Waals surface area contributed by atoms with Gasteiger partial charge in [0.1, 0.15) is 0 Å². The number of hydrogen-bond donors (Lipinski definition) is 1. The van der Waals surface area contributed by atoms with Crippen LogP contribution < -0.4 is 5.32 Å². The van der Waals surface area contributed by atoms with Crippen LogP contribution in [-0.2, 0) is 19.6 Å². The topological polar surface area (TPSA) is 86.8 Å². The number of nitrogens with zero attached hydrogens (tertiary/aromatic N) is 2. The quantitative estimate of drug-likeness (QED) is 0.844. The third kappa shape index (κ3) is 4.62. The predicted molar refractivity (Wildman–Crippen MR) is 100 cm³/mol. The van der Waals surface area contributed by atoms with Gasteiger partial charge < -0.3 is 10.2 Å². The smallest absolute Gasteiger partial charge is 0.243 e. The summed E-state index contributed by atoms with van der Waals surface area (Å²) in [4.78, 5) is 25.8. The van der Waals surface area contributed by atoms with Crippen molar-refractivity contribution in [1.82, 2.24) is 9.21 Å². The van der Waals surface area contributed by atoms with Gasteiger partial charge >= 0.3 is 0 Å². The van der Waals surface area contributed by atoms with Crippen LogP contribution in [0.4, 0.5) is 5.69 Å². The third-order valence-corrected chi connectivity index (χ3v) is 6.81. The molecule has 1 aliphatic heterocycles. The molecule has 1 atom stereocenters. The zero-order chi connectivity index (χ0) is 19.5. The van der Waals surface area contributed by atoms with Gasteiger partial charge in [0.05, 0.1) is 10.8 Å². The number of carbonyl (C=O) groups excluding carboxylic acids is 2. The van der Waals surface area contributed by atoms with Gasteiger partial charge in [-0.25, -0.2) is 8.42 Å². The van der Waals surface area contributed by atoms with E-state index in [1.54, 1.807) is 37.9 Å². The number of rotatable bonds is 5. The van der Waals surface area contributed by atoms with Crippen LogP contribution in [0.5, 0.6) is 0 Å². The van der Waals surface area contributed by atoms with Crippen LogP contribution >= 0.6 is 0 Å². The molecule has 1 aromatic carbocycles. The van der Waals surface area contributed by atoms with Gasteiger partial charge in [0.15, 0.2) is 0 Å².